The maximum Gasteiger partial charge on any atom is 0.164 e. The molecular formula is C61H38N6O. The molecule has 68 heavy (non-hydrogen) atoms. The number of hydrogen-bond donors (Lipinski definition) is 0. The van der Waals surface area contributed by atoms with Crippen molar-refractivity contribution in [1.29, 1.82) is 0 Å². The zero-order valence-electron chi connectivity index (χ0n) is 36.5. The maximum atomic E-state index is 6.73. The van der Waals surface area contributed by atoms with E-state index in [0.29, 0.717) is 34.9 Å². The number of benzene rings is 9. The van der Waals surface area contributed by atoms with Crippen LogP contribution in [0.5, 0.6) is 11.5 Å². The van der Waals surface area contributed by atoms with Crippen LogP contribution < -0.4 is 4.74 Å². The Kier molecular flexibility index (Phi) is 9.25. The van der Waals surface area contributed by atoms with E-state index in [2.05, 4.69) is 97.1 Å². The van der Waals surface area contributed by atoms with Gasteiger partial charge in [-0.15, -0.1) is 0 Å². The summed E-state index contributed by atoms with van der Waals surface area (Å²) in [5.41, 5.74) is 13.7. The highest BCUT2D eigenvalue weighted by molar-refractivity contribution is 5.92. The van der Waals surface area contributed by atoms with Gasteiger partial charge in [0.15, 0.2) is 34.9 Å². The maximum absolute atomic E-state index is 6.73. The zero-order chi connectivity index (χ0) is 45.0. The highest BCUT2D eigenvalue weighted by atomic mass is 16.5. The number of hydrogen-bond acceptors (Lipinski definition) is 7. The van der Waals surface area contributed by atoms with Crippen LogP contribution in [0.4, 0.5) is 0 Å². The lowest BCUT2D eigenvalue weighted by Gasteiger charge is -2.39. The predicted molar refractivity (Wildman–Crippen MR) is 269 cm³/mol. The topological polar surface area (TPSA) is 86.6 Å². The van der Waals surface area contributed by atoms with E-state index in [9.17, 15) is 0 Å². The van der Waals surface area contributed by atoms with Gasteiger partial charge in [-0.3, -0.25) is 0 Å². The van der Waals surface area contributed by atoms with Crippen LogP contribution in [0.25, 0.3) is 90.6 Å². The average molecular weight is 871 g/mol. The lowest BCUT2D eigenvalue weighted by atomic mass is 9.65. The molecule has 0 amide bonds. The quantitative estimate of drug-likeness (QED) is 0.158. The van der Waals surface area contributed by atoms with Crippen molar-refractivity contribution >= 4 is 0 Å². The summed E-state index contributed by atoms with van der Waals surface area (Å²) in [6, 6.07) is 79.4. The summed E-state index contributed by atoms with van der Waals surface area (Å²) in [4.78, 5) is 30.2. The molecule has 0 bridgehead atoms. The third kappa shape index (κ3) is 6.51. The largest absolute Gasteiger partial charge is 0.457 e. The Hall–Kier alpha value is -9.20. The van der Waals surface area contributed by atoms with E-state index in [1.807, 2.05) is 133 Å². The van der Waals surface area contributed by atoms with Gasteiger partial charge in [-0.2, -0.15) is 0 Å². The van der Waals surface area contributed by atoms with Gasteiger partial charge in [0.2, 0.25) is 0 Å². The average Bonchev–Trinajstić information content (AvgIpc) is 3.70. The summed E-state index contributed by atoms with van der Waals surface area (Å²) in [6.07, 6.45) is 0. The van der Waals surface area contributed by atoms with Gasteiger partial charge < -0.3 is 4.74 Å². The van der Waals surface area contributed by atoms with Crippen molar-refractivity contribution in [3.8, 4) is 102 Å². The standard InChI is InChI=1S/C61H38N6O/c1-5-17-40(18-6-1)55-62-56(41-19-7-2-8-20-41)65-59(64-55)44-31-29-39(30-32-44)45-33-35-47-48-36-34-46(60-66-57(42-21-9-3-10-22-42)63-58(67-60)43-23-11-4-12-24-43)38-52(48)61(51(47)37-45)49-25-13-15-27-53(49)68-54-28-16-14-26-50(54)61/h1-38H. The van der Waals surface area contributed by atoms with Gasteiger partial charge in [-0.05, 0) is 57.6 Å². The lowest BCUT2D eigenvalue weighted by Crippen LogP contribution is -2.32. The van der Waals surface area contributed by atoms with Crippen molar-refractivity contribution in [2.75, 3.05) is 0 Å². The fraction of sp³-hybridized carbons (Fsp3) is 0.0164. The molecule has 11 aromatic rings. The van der Waals surface area contributed by atoms with Gasteiger partial charge in [-0.1, -0.05) is 206 Å². The van der Waals surface area contributed by atoms with Gasteiger partial charge in [0.25, 0.3) is 0 Å². The number of ether oxygens (including phenoxy) is 1. The molecule has 0 fully saturated rings. The van der Waals surface area contributed by atoms with Crippen molar-refractivity contribution in [1.82, 2.24) is 29.9 Å². The molecule has 0 radical (unpaired) electrons. The number of rotatable bonds is 7. The predicted octanol–water partition coefficient (Wildman–Crippen LogP) is 14.2. The van der Waals surface area contributed by atoms with E-state index in [1.165, 1.54) is 5.56 Å². The molecule has 1 aliphatic heterocycles. The molecule has 0 saturated heterocycles. The molecule has 0 atom stereocenters. The summed E-state index contributed by atoms with van der Waals surface area (Å²) in [5.74, 6) is 5.37. The fourth-order valence-corrected chi connectivity index (χ4v) is 9.90. The Balaban J connectivity index is 0.967. The van der Waals surface area contributed by atoms with Crippen LogP contribution in [-0.2, 0) is 5.41 Å². The fourth-order valence-electron chi connectivity index (χ4n) is 9.90. The SMILES string of the molecule is c1ccc(-c2nc(-c3ccccc3)nc(-c3ccc(-c4ccc5c(c4)C4(c6ccccc6Oc6ccccc64)c4cc(-c6nc(-c7ccccc7)nc(-c7ccccc7)n6)ccc4-5)cc3)n2)cc1. The Labute approximate surface area is 393 Å². The van der Waals surface area contributed by atoms with Crippen molar-refractivity contribution in [2.24, 2.45) is 0 Å². The molecule has 9 aromatic carbocycles. The number of para-hydroxylation sites is 2. The number of nitrogens with zero attached hydrogens (tertiary/aromatic N) is 6. The van der Waals surface area contributed by atoms with E-state index >= 15 is 0 Å². The Morgan fingerprint density at radius 2 is 0.529 bits per heavy atom. The van der Waals surface area contributed by atoms with Crippen LogP contribution in [0.2, 0.25) is 0 Å². The van der Waals surface area contributed by atoms with Crippen LogP contribution in [0.1, 0.15) is 22.3 Å². The molecular weight excluding hydrogens is 833 g/mol. The second-order valence-electron chi connectivity index (χ2n) is 17.0. The molecule has 13 rings (SSSR count). The van der Waals surface area contributed by atoms with Gasteiger partial charge >= 0.3 is 0 Å². The first-order valence-electron chi connectivity index (χ1n) is 22.7. The van der Waals surface area contributed by atoms with E-state index in [0.717, 1.165) is 83.8 Å². The Morgan fingerprint density at radius 3 is 0.941 bits per heavy atom. The summed E-state index contributed by atoms with van der Waals surface area (Å²) < 4.78 is 6.73. The monoisotopic (exact) mass is 870 g/mol. The minimum Gasteiger partial charge on any atom is -0.457 e. The summed E-state index contributed by atoms with van der Waals surface area (Å²) >= 11 is 0. The molecule has 1 aliphatic carbocycles. The molecule has 3 heterocycles. The van der Waals surface area contributed by atoms with Crippen molar-refractivity contribution in [2.45, 2.75) is 5.41 Å². The van der Waals surface area contributed by atoms with Crippen molar-refractivity contribution < 1.29 is 4.74 Å². The van der Waals surface area contributed by atoms with Crippen LogP contribution in [0.3, 0.4) is 0 Å². The first-order chi connectivity index (χ1) is 33.7. The van der Waals surface area contributed by atoms with Crippen molar-refractivity contribution in [3.05, 3.63) is 253 Å². The van der Waals surface area contributed by atoms with Crippen molar-refractivity contribution in [3.63, 3.8) is 0 Å². The van der Waals surface area contributed by atoms with Crippen LogP contribution >= 0.6 is 0 Å². The summed E-state index contributed by atoms with van der Waals surface area (Å²) in [7, 11) is 0. The molecule has 0 saturated carbocycles. The summed E-state index contributed by atoms with van der Waals surface area (Å²) in [5, 5.41) is 0. The second kappa shape index (κ2) is 16.0. The molecule has 0 N–H and O–H groups in total. The van der Waals surface area contributed by atoms with E-state index in [1.54, 1.807) is 0 Å². The van der Waals surface area contributed by atoms with Gasteiger partial charge in [0.1, 0.15) is 11.5 Å². The zero-order valence-corrected chi connectivity index (χ0v) is 36.5. The van der Waals surface area contributed by atoms with Crippen LogP contribution in [0, 0.1) is 0 Å². The number of aromatic nitrogens is 6. The third-order valence-electron chi connectivity index (χ3n) is 13.1. The second-order valence-corrected chi connectivity index (χ2v) is 17.0. The Bertz CT molecular complexity index is 3530. The smallest absolute Gasteiger partial charge is 0.164 e. The van der Waals surface area contributed by atoms with E-state index in [-0.39, 0.29) is 0 Å². The molecule has 0 unspecified atom stereocenters. The van der Waals surface area contributed by atoms with Gasteiger partial charge in [-0.25, -0.2) is 29.9 Å². The molecule has 7 heteroatoms. The first kappa shape index (κ1) is 39.2. The lowest BCUT2D eigenvalue weighted by molar-refractivity contribution is 0.436. The minimum absolute atomic E-state index is 0.603. The Morgan fingerprint density at radius 1 is 0.235 bits per heavy atom. The normalized spacial score (nSPS) is 12.6. The van der Waals surface area contributed by atoms with E-state index < -0.39 is 5.41 Å². The highest BCUT2D eigenvalue weighted by Crippen LogP contribution is 2.62. The highest BCUT2D eigenvalue weighted by Gasteiger charge is 2.51. The van der Waals surface area contributed by atoms with E-state index in [4.69, 9.17) is 34.6 Å². The third-order valence-corrected chi connectivity index (χ3v) is 13.1. The number of fused-ring (bicyclic) bond motifs is 9. The molecule has 318 valence electrons. The molecule has 1 spiro atoms. The molecule has 7 nitrogen and oxygen atoms in total. The summed E-state index contributed by atoms with van der Waals surface area (Å²) in [6.45, 7) is 0. The molecule has 2 aliphatic rings. The van der Waals surface area contributed by atoms with Gasteiger partial charge in [0, 0.05) is 44.5 Å². The first-order valence-corrected chi connectivity index (χ1v) is 22.7. The van der Waals surface area contributed by atoms with Crippen LogP contribution in [0.15, 0.2) is 231 Å². The van der Waals surface area contributed by atoms with Crippen LogP contribution in [-0.4, -0.2) is 29.9 Å². The minimum atomic E-state index is -0.730. The molecule has 2 aromatic heterocycles. The van der Waals surface area contributed by atoms with Gasteiger partial charge in [0.05, 0.1) is 5.41 Å².